The SMILES string of the molecule is CC(=O)C1=C(O)C(=O)N(CCc2c[nH]c3ccccc23)C1c1ccc(C(C)C)cc1. The number of hydrogen-bond donors (Lipinski definition) is 2. The molecule has 5 heteroatoms. The molecule has 0 fully saturated rings. The Labute approximate surface area is 176 Å². The Balaban J connectivity index is 1.66. The highest BCUT2D eigenvalue weighted by Crippen LogP contribution is 2.38. The second kappa shape index (κ2) is 7.82. The van der Waals surface area contributed by atoms with Gasteiger partial charge in [0.05, 0.1) is 11.6 Å². The predicted molar refractivity (Wildman–Crippen MR) is 117 cm³/mol. The minimum absolute atomic E-state index is 0.177. The number of nitrogens with one attached hydrogen (secondary N) is 1. The van der Waals surface area contributed by atoms with E-state index >= 15 is 0 Å². The lowest BCUT2D eigenvalue weighted by Crippen LogP contribution is -2.32. The first kappa shape index (κ1) is 20.0. The Bertz CT molecular complexity index is 1140. The van der Waals surface area contributed by atoms with Gasteiger partial charge in [0.25, 0.3) is 5.91 Å². The highest BCUT2D eigenvalue weighted by molar-refractivity contribution is 6.08. The molecule has 1 aromatic heterocycles. The number of carbonyl (C=O) groups is 2. The average molecular weight is 402 g/mol. The third-order valence-electron chi connectivity index (χ3n) is 5.90. The van der Waals surface area contributed by atoms with Crippen molar-refractivity contribution in [1.82, 2.24) is 9.88 Å². The molecule has 0 bridgehead atoms. The highest BCUT2D eigenvalue weighted by atomic mass is 16.3. The molecule has 30 heavy (non-hydrogen) atoms. The number of aliphatic hydroxyl groups excluding tert-OH is 1. The molecule has 1 unspecified atom stereocenters. The number of benzene rings is 2. The van der Waals surface area contributed by atoms with E-state index in [4.69, 9.17) is 0 Å². The van der Waals surface area contributed by atoms with Gasteiger partial charge in [-0.15, -0.1) is 0 Å². The van der Waals surface area contributed by atoms with Crippen LogP contribution in [0.2, 0.25) is 0 Å². The van der Waals surface area contributed by atoms with Crippen molar-refractivity contribution in [1.29, 1.82) is 0 Å². The minimum Gasteiger partial charge on any atom is -0.503 e. The van der Waals surface area contributed by atoms with E-state index in [1.54, 1.807) is 4.90 Å². The number of aromatic nitrogens is 1. The topological polar surface area (TPSA) is 73.4 Å². The van der Waals surface area contributed by atoms with Crippen molar-refractivity contribution in [2.45, 2.75) is 39.2 Å². The summed E-state index contributed by atoms with van der Waals surface area (Å²) in [4.78, 5) is 30.0. The van der Waals surface area contributed by atoms with E-state index in [2.05, 4.69) is 18.8 Å². The number of hydrogen-bond acceptors (Lipinski definition) is 3. The first-order chi connectivity index (χ1) is 14.4. The zero-order chi connectivity index (χ0) is 21.4. The van der Waals surface area contributed by atoms with Crippen molar-refractivity contribution in [2.75, 3.05) is 6.54 Å². The van der Waals surface area contributed by atoms with Gasteiger partial charge in [0.2, 0.25) is 0 Å². The lowest BCUT2D eigenvalue weighted by atomic mass is 9.94. The van der Waals surface area contributed by atoms with E-state index in [0.29, 0.717) is 18.9 Å². The molecular formula is C25H26N2O3. The van der Waals surface area contributed by atoms with Crippen LogP contribution in [0.1, 0.15) is 49.4 Å². The van der Waals surface area contributed by atoms with E-state index in [1.807, 2.05) is 54.7 Å². The van der Waals surface area contributed by atoms with Crippen molar-refractivity contribution in [2.24, 2.45) is 0 Å². The van der Waals surface area contributed by atoms with Crippen LogP contribution in [0.15, 0.2) is 66.1 Å². The maximum atomic E-state index is 12.9. The van der Waals surface area contributed by atoms with Gasteiger partial charge in [0.15, 0.2) is 11.5 Å². The summed E-state index contributed by atoms with van der Waals surface area (Å²) >= 11 is 0. The fourth-order valence-corrected chi connectivity index (χ4v) is 4.23. The van der Waals surface area contributed by atoms with Gasteiger partial charge in [-0.25, -0.2) is 0 Å². The van der Waals surface area contributed by atoms with Crippen LogP contribution in [0.3, 0.4) is 0 Å². The molecule has 1 aliphatic heterocycles. The number of fused-ring (bicyclic) bond motifs is 1. The fourth-order valence-electron chi connectivity index (χ4n) is 4.23. The number of aromatic amines is 1. The second-order valence-corrected chi connectivity index (χ2v) is 8.15. The quantitative estimate of drug-likeness (QED) is 0.621. The molecule has 1 aliphatic rings. The molecular weight excluding hydrogens is 376 g/mol. The highest BCUT2D eigenvalue weighted by Gasteiger charge is 2.42. The molecule has 2 heterocycles. The van der Waals surface area contributed by atoms with Crippen molar-refractivity contribution >= 4 is 22.6 Å². The van der Waals surface area contributed by atoms with Crippen LogP contribution in [-0.4, -0.2) is 33.2 Å². The Hall–Kier alpha value is -3.34. The molecule has 4 rings (SSSR count). The molecule has 1 atom stereocenters. The second-order valence-electron chi connectivity index (χ2n) is 8.15. The van der Waals surface area contributed by atoms with Crippen LogP contribution in [0, 0.1) is 0 Å². The summed E-state index contributed by atoms with van der Waals surface area (Å²) in [5.74, 6) is -0.816. The zero-order valence-corrected chi connectivity index (χ0v) is 17.5. The van der Waals surface area contributed by atoms with Gasteiger partial charge in [-0.1, -0.05) is 56.3 Å². The van der Waals surface area contributed by atoms with E-state index < -0.39 is 17.7 Å². The standard InChI is InChI=1S/C25H26N2O3/c1-15(2)17-8-10-18(11-9-17)23-22(16(3)28)24(29)25(30)27(23)13-12-19-14-26-21-7-5-4-6-20(19)21/h4-11,14-15,23,26,29H,12-13H2,1-3H3. The molecule has 5 nitrogen and oxygen atoms in total. The maximum absolute atomic E-state index is 12.9. The number of rotatable bonds is 6. The summed E-state index contributed by atoms with van der Waals surface area (Å²) in [6.45, 7) is 6.04. The van der Waals surface area contributed by atoms with Crippen molar-refractivity contribution in [3.8, 4) is 0 Å². The third-order valence-corrected chi connectivity index (χ3v) is 5.90. The molecule has 2 aromatic carbocycles. The molecule has 154 valence electrons. The number of Topliss-reactive ketones (excluding diaryl/α,β-unsaturated/α-hetero) is 1. The first-order valence-corrected chi connectivity index (χ1v) is 10.3. The number of nitrogens with zero attached hydrogens (tertiary/aromatic N) is 1. The molecule has 3 aromatic rings. The van der Waals surface area contributed by atoms with Crippen molar-refractivity contribution in [3.05, 3.63) is 82.8 Å². The molecule has 1 amide bonds. The zero-order valence-electron chi connectivity index (χ0n) is 17.5. The molecule has 0 saturated carbocycles. The predicted octanol–water partition coefficient (Wildman–Crippen LogP) is 4.82. The van der Waals surface area contributed by atoms with Crippen molar-refractivity contribution < 1.29 is 14.7 Å². The fraction of sp³-hybridized carbons (Fsp3) is 0.280. The lowest BCUT2D eigenvalue weighted by molar-refractivity contribution is -0.129. The van der Waals surface area contributed by atoms with Gasteiger partial charge in [-0.2, -0.15) is 0 Å². The van der Waals surface area contributed by atoms with E-state index in [9.17, 15) is 14.7 Å². The van der Waals surface area contributed by atoms with Crippen LogP contribution in [0.5, 0.6) is 0 Å². The van der Waals surface area contributed by atoms with Gasteiger partial charge in [-0.3, -0.25) is 9.59 Å². The Morgan fingerprint density at radius 1 is 1.13 bits per heavy atom. The number of ketones is 1. The van der Waals surface area contributed by atoms with Gasteiger partial charge >= 0.3 is 0 Å². The Morgan fingerprint density at radius 3 is 2.50 bits per heavy atom. The molecule has 0 spiro atoms. The maximum Gasteiger partial charge on any atom is 0.290 e. The summed E-state index contributed by atoms with van der Waals surface area (Å²) in [7, 11) is 0. The van der Waals surface area contributed by atoms with E-state index in [-0.39, 0.29) is 11.4 Å². The van der Waals surface area contributed by atoms with E-state index in [1.165, 1.54) is 12.5 Å². The normalized spacial score (nSPS) is 16.9. The third kappa shape index (κ3) is 3.41. The summed E-state index contributed by atoms with van der Waals surface area (Å²) in [6, 6.07) is 15.4. The number of aliphatic hydroxyl groups is 1. The largest absolute Gasteiger partial charge is 0.503 e. The van der Waals surface area contributed by atoms with Crippen LogP contribution in [0.4, 0.5) is 0 Å². The van der Waals surface area contributed by atoms with Crippen LogP contribution in [-0.2, 0) is 16.0 Å². The minimum atomic E-state index is -0.568. The van der Waals surface area contributed by atoms with Gasteiger partial charge in [0, 0.05) is 23.6 Å². The lowest BCUT2D eigenvalue weighted by Gasteiger charge is -2.27. The molecule has 2 N–H and O–H groups in total. The number of para-hydroxylation sites is 1. The number of carbonyl (C=O) groups excluding carboxylic acids is 2. The Morgan fingerprint density at radius 2 is 1.83 bits per heavy atom. The van der Waals surface area contributed by atoms with E-state index in [0.717, 1.165) is 22.0 Å². The molecule has 0 saturated heterocycles. The first-order valence-electron chi connectivity index (χ1n) is 10.3. The van der Waals surface area contributed by atoms with Gasteiger partial charge < -0.3 is 15.0 Å². The number of amides is 1. The monoisotopic (exact) mass is 402 g/mol. The summed E-state index contributed by atoms with van der Waals surface area (Å²) in [6.07, 6.45) is 2.58. The van der Waals surface area contributed by atoms with Crippen LogP contribution >= 0.6 is 0 Å². The molecule has 0 aliphatic carbocycles. The van der Waals surface area contributed by atoms with Crippen molar-refractivity contribution in [3.63, 3.8) is 0 Å². The molecule has 0 radical (unpaired) electrons. The van der Waals surface area contributed by atoms with Gasteiger partial charge in [0.1, 0.15) is 0 Å². The summed E-state index contributed by atoms with van der Waals surface area (Å²) < 4.78 is 0. The number of H-pyrrole nitrogens is 1. The van der Waals surface area contributed by atoms with Crippen LogP contribution in [0.25, 0.3) is 10.9 Å². The Kier molecular flexibility index (Phi) is 5.20. The van der Waals surface area contributed by atoms with Gasteiger partial charge in [-0.05, 0) is 42.0 Å². The van der Waals surface area contributed by atoms with Crippen LogP contribution < -0.4 is 0 Å². The average Bonchev–Trinajstić information content (AvgIpc) is 3.25. The summed E-state index contributed by atoms with van der Waals surface area (Å²) in [5, 5.41) is 11.6. The summed E-state index contributed by atoms with van der Waals surface area (Å²) in [5.41, 5.74) is 4.35. The smallest absolute Gasteiger partial charge is 0.290 e.